The van der Waals surface area contributed by atoms with Gasteiger partial charge in [0.15, 0.2) is 10.4 Å². The van der Waals surface area contributed by atoms with Crippen molar-refractivity contribution in [2.45, 2.75) is 26.3 Å². The van der Waals surface area contributed by atoms with E-state index in [0.717, 1.165) is 34.7 Å². The molecule has 0 saturated heterocycles. The topological polar surface area (TPSA) is 47.8 Å². The van der Waals surface area contributed by atoms with Gasteiger partial charge in [0.2, 0.25) is 0 Å². The van der Waals surface area contributed by atoms with Crippen molar-refractivity contribution in [3.63, 3.8) is 0 Å². The van der Waals surface area contributed by atoms with Crippen LogP contribution in [0, 0.1) is 11.7 Å². The highest BCUT2D eigenvalue weighted by Gasteiger charge is 2.16. The van der Waals surface area contributed by atoms with Gasteiger partial charge in [-0.05, 0) is 32.5 Å². The van der Waals surface area contributed by atoms with Crippen molar-refractivity contribution in [3.05, 3.63) is 10.5 Å². The van der Waals surface area contributed by atoms with Gasteiger partial charge in [0.05, 0.1) is 5.69 Å². The number of H-pyrrole nitrogens is 1. The predicted molar refractivity (Wildman–Crippen MR) is 69.8 cm³/mol. The van der Waals surface area contributed by atoms with Gasteiger partial charge in [-0.15, -0.1) is 0 Å². The first-order valence-corrected chi connectivity index (χ1v) is 6.09. The number of nitrogens with zero attached hydrogens (tertiary/aromatic N) is 3. The van der Waals surface area contributed by atoms with Gasteiger partial charge in [0, 0.05) is 26.8 Å². The minimum absolute atomic E-state index is 0.297. The first-order chi connectivity index (χ1) is 8.06. The summed E-state index contributed by atoms with van der Waals surface area (Å²) in [5.41, 5.74) is 3.06. The summed E-state index contributed by atoms with van der Waals surface area (Å²) in [7, 11) is 3.66. The molecule has 2 aromatic heterocycles. The van der Waals surface area contributed by atoms with E-state index in [0.29, 0.717) is 6.04 Å². The van der Waals surface area contributed by atoms with Crippen LogP contribution in [0.15, 0.2) is 0 Å². The molecule has 17 heavy (non-hydrogen) atoms. The Balaban J connectivity index is 2.52. The van der Waals surface area contributed by atoms with E-state index in [4.69, 9.17) is 17.0 Å². The van der Waals surface area contributed by atoms with Crippen molar-refractivity contribution in [2.75, 3.05) is 13.7 Å². The largest absolute Gasteiger partial charge is 0.385 e. The highest BCUT2D eigenvalue weighted by Crippen LogP contribution is 2.22. The number of nitrogens with one attached hydrogen (secondary N) is 1. The molecular weight excluding hydrogens is 236 g/mol. The number of aromatic nitrogens is 4. The third-order valence-corrected chi connectivity index (χ3v) is 3.35. The third kappa shape index (κ3) is 2.02. The summed E-state index contributed by atoms with van der Waals surface area (Å²) in [6.45, 7) is 4.86. The summed E-state index contributed by atoms with van der Waals surface area (Å²) in [5.74, 6) is 0. The number of imidazole rings is 1. The van der Waals surface area contributed by atoms with Crippen LogP contribution in [-0.2, 0) is 11.8 Å². The Morgan fingerprint density at radius 2 is 2.24 bits per heavy atom. The number of hydrogen-bond donors (Lipinski definition) is 1. The lowest BCUT2D eigenvalue weighted by Crippen LogP contribution is -2.10. The minimum Gasteiger partial charge on any atom is -0.385 e. The van der Waals surface area contributed by atoms with Crippen molar-refractivity contribution >= 4 is 23.4 Å². The molecule has 2 heterocycles. The third-order valence-electron chi connectivity index (χ3n) is 3.05. The van der Waals surface area contributed by atoms with Gasteiger partial charge in [0.25, 0.3) is 0 Å². The van der Waals surface area contributed by atoms with Crippen LogP contribution in [0.1, 0.15) is 25.1 Å². The molecule has 0 fully saturated rings. The molecule has 0 aromatic carbocycles. The number of aromatic amines is 1. The van der Waals surface area contributed by atoms with E-state index in [1.807, 2.05) is 18.7 Å². The highest BCUT2D eigenvalue weighted by molar-refractivity contribution is 7.71. The first-order valence-electron chi connectivity index (χ1n) is 5.69. The van der Waals surface area contributed by atoms with Gasteiger partial charge in [-0.3, -0.25) is 9.25 Å². The summed E-state index contributed by atoms with van der Waals surface area (Å²) in [6, 6.07) is 0.297. The van der Waals surface area contributed by atoms with Crippen LogP contribution < -0.4 is 0 Å². The lowest BCUT2D eigenvalue weighted by Gasteiger charge is -2.13. The van der Waals surface area contributed by atoms with Crippen LogP contribution >= 0.6 is 12.2 Å². The van der Waals surface area contributed by atoms with E-state index in [1.165, 1.54) is 0 Å². The zero-order chi connectivity index (χ0) is 12.6. The number of methoxy groups -OCH3 is 1. The van der Waals surface area contributed by atoms with Crippen LogP contribution in [0.5, 0.6) is 0 Å². The Labute approximate surface area is 105 Å². The van der Waals surface area contributed by atoms with Gasteiger partial charge < -0.3 is 9.72 Å². The summed E-state index contributed by atoms with van der Waals surface area (Å²) < 4.78 is 9.86. The smallest absolute Gasteiger partial charge is 0.179 e. The fraction of sp³-hybridized carbons (Fsp3) is 0.636. The van der Waals surface area contributed by atoms with Crippen molar-refractivity contribution in [1.82, 2.24) is 19.3 Å². The summed E-state index contributed by atoms with van der Waals surface area (Å²) in [4.78, 5) is 3.23. The van der Waals surface area contributed by atoms with Gasteiger partial charge in [-0.25, -0.2) is 0 Å². The van der Waals surface area contributed by atoms with Crippen LogP contribution in [0.3, 0.4) is 0 Å². The average Bonchev–Trinajstić information content (AvgIpc) is 2.74. The second kappa shape index (κ2) is 4.62. The monoisotopic (exact) mass is 254 g/mol. The molecule has 0 aliphatic heterocycles. The van der Waals surface area contributed by atoms with Crippen molar-refractivity contribution in [1.29, 1.82) is 0 Å². The average molecular weight is 254 g/mol. The Bertz CT molecular complexity index is 580. The van der Waals surface area contributed by atoms with Crippen LogP contribution in [0.4, 0.5) is 0 Å². The van der Waals surface area contributed by atoms with Gasteiger partial charge >= 0.3 is 0 Å². The van der Waals surface area contributed by atoms with Gasteiger partial charge in [-0.2, -0.15) is 5.10 Å². The normalized spacial score (nSPS) is 13.4. The summed E-state index contributed by atoms with van der Waals surface area (Å²) >= 11 is 5.38. The predicted octanol–water partition coefficient (Wildman–Crippen LogP) is 2.34. The van der Waals surface area contributed by atoms with E-state index in [-0.39, 0.29) is 0 Å². The minimum atomic E-state index is 0.297. The van der Waals surface area contributed by atoms with E-state index in [2.05, 4.69) is 21.6 Å². The van der Waals surface area contributed by atoms with Crippen molar-refractivity contribution in [3.8, 4) is 0 Å². The van der Waals surface area contributed by atoms with Gasteiger partial charge in [-0.1, -0.05) is 0 Å². The molecule has 0 aliphatic carbocycles. The molecule has 0 saturated carbocycles. The molecule has 0 amide bonds. The zero-order valence-corrected chi connectivity index (χ0v) is 11.5. The van der Waals surface area contributed by atoms with Gasteiger partial charge in [0.1, 0.15) is 5.52 Å². The maximum absolute atomic E-state index is 5.38. The molecule has 0 spiro atoms. The fourth-order valence-corrected chi connectivity index (χ4v) is 2.53. The summed E-state index contributed by atoms with van der Waals surface area (Å²) in [6.07, 6.45) is 0.933. The lowest BCUT2D eigenvalue weighted by molar-refractivity contribution is 0.181. The SMILES string of the molecule is COCCC(C)n1c(=S)[nH]c2c(C)nn(C)c21. The van der Waals surface area contributed by atoms with Crippen LogP contribution in [0.2, 0.25) is 0 Å². The second-order valence-corrected chi connectivity index (χ2v) is 4.72. The lowest BCUT2D eigenvalue weighted by atomic mass is 10.2. The van der Waals surface area contributed by atoms with Crippen LogP contribution in [0.25, 0.3) is 11.2 Å². The van der Waals surface area contributed by atoms with E-state index < -0.39 is 0 Å². The molecule has 0 bridgehead atoms. The Kier molecular flexibility index (Phi) is 3.35. The molecule has 2 rings (SSSR count). The number of hydrogen-bond acceptors (Lipinski definition) is 3. The Morgan fingerprint density at radius 3 is 2.88 bits per heavy atom. The molecule has 2 aromatic rings. The molecule has 0 aliphatic rings. The van der Waals surface area contributed by atoms with E-state index in [1.54, 1.807) is 7.11 Å². The van der Waals surface area contributed by atoms with Crippen molar-refractivity contribution < 1.29 is 4.74 Å². The molecule has 6 heteroatoms. The van der Waals surface area contributed by atoms with Crippen molar-refractivity contribution in [2.24, 2.45) is 7.05 Å². The quantitative estimate of drug-likeness (QED) is 0.852. The van der Waals surface area contributed by atoms with E-state index >= 15 is 0 Å². The fourth-order valence-electron chi connectivity index (χ4n) is 2.16. The number of aryl methyl sites for hydroxylation is 2. The molecule has 1 unspecified atom stereocenters. The number of fused-ring (bicyclic) bond motifs is 1. The molecule has 5 nitrogen and oxygen atoms in total. The van der Waals surface area contributed by atoms with Crippen LogP contribution in [-0.4, -0.2) is 33.0 Å². The Morgan fingerprint density at radius 1 is 1.53 bits per heavy atom. The molecule has 1 atom stereocenters. The number of ether oxygens (including phenoxy) is 1. The first kappa shape index (κ1) is 12.3. The second-order valence-electron chi connectivity index (χ2n) is 4.34. The van der Waals surface area contributed by atoms with E-state index in [9.17, 15) is 0 Å². The molecular formula is C11H18N4OS. The maximum atomic E-state index is 5.38. The zero-order valence-electron chi connectivity index (χ0n) is 10.6. The number of rotatable bonds is 4. The molecule has 0 radical (unpaired) electrons. The standard InChI is InChI=1S/C11H18N4OS/c1-7(5-6-16-4)15-10-9(12-11(15)17)8(2)13-14(10)3/h7H,5-6H2,1-4H3,(H,12,17). The highest BCUT2D eigenvalue weighted by atomic mass is 32.1. The Hall–Kier alpha value is -1.14. The molecule has 1 N–H and O–H groups in total. The molecule has 94 valence electrons. The summed E-state index contributed by atoms with van der Waals surface area (Å²) in [5, 5.41) is 4.40. The maximum Gasteiger partial charge on any atom is 0.179 e.